The third-order valence-corrected chi connectivity index (χ3v) is 6.14. The number of anilines is 3. The number of para-hydroxylation sites is 1. The highest BCUT2D eigenvalue weighted by Gasteiger charge is 2.18. The van der Waals surface area contributed by atoms with Gasteiger partial charge in [0.15, 0.2) is 0 Å². The van der Waals surface area contributed by atoms with Crippen LogP contribution >= 0.6 is 11.3 Å². The van der Waals surface area contributed by atoms with Gasteiger partial charge in [-0.15, -0.1) is 0 Å². The summed E-state index contributed by atoms with van der Waals surface area (Å²) in [5.41, 5.74) is 4.99. The van der Waals surface area contributed by atoms with Gasteiger partial charge in [0, 0.05) is 38.4 Å². The molecule has 2 aromatic heterocycles. The van der Waals surface area contributed by atoms with E-state index < -0.39 is 0 Å². The molecule has 0 spiro atoms. The number of piperazine rings is 1. The number of benzene rings is 1. The molecule has 1 aromatic carbocycles. The first-order valence-electron chi connectivity index (χ1n) is 10.2. The fourth-order valence-electron chi connectivity index (χ4n) is 3.71. The molecule has 30 heavy (non-hydrogen) atoms. The van der Waals surface area contributed by atoms with Crippen LogP contribution in [0.2, 0.25) is 0 Å². The molecule has 1 saturated heterocycles. The monoisotopic (exact) mass is 421 g/mol. The van der Waals surface area contributed by atoms with Crippen molar-refractivity contribution < 1.29 is 4.79 Å². The van der Waals surface area contributed by atoms with Crippen LogP contribution in [0.5, 0.6) is 0 Å². The van der Waals surface area contributed by atoms with Crippen molar-refractivity contribution in [2.75, 3.05) is 41.7 Å². The van der Waals surface area contributed by atoms with E-state index in [0.717, 1.165) is 55.4 Å². The summed E-state index contributed by atoms with van der Waals surface area (Å²) in [4.78, 5) is 21.7. The first kappa shape index (κ1) is 20.4. The molecule has 0 aliphatic carbocycles. The van der Waals surface area contributed by atoms with Gasteiger partial charge in [-0.3, -0.25) is 4.90 Å². The zero-order chi connectivity index (χ0) is 20.9. The Morgan fingerprint density at radius 2 is 1.80 bits per heavy atom. The minimum atomic E-state index is -0.260. The highest BCUT2D eigenvalue weighted by molar-refractivity contribution is 7.07. The molecule has 0 saturated carbocycles. The van der Waals surface area contributed by atoms with Crippen LogP contribution in [0.25, 0.3) is 0 Å². The molecule has 2 amide bonds. The minimum absolute atomic E-state index is 0.260. The van der Waals surface area contributed by atoms with E-state index in [9.17, 15) is 4.79 Å². The fourth-order valence-corrected chi connectivity index (χ4v) is 4.37. The highest BCUT2D eigenvalue weighted by atomic mass is 32.1. The molecule has 0 unspecified atom stereocenters. The van der Waals surface area contributed by atoms with Crippen molar-refractivity contribution >= 4 is 34.6 Å². The number of pyridine rings is 1. The maximum absolute atomic E-state index is 12.4. The number of thiophene rings is 1. The van der Waals surface area contributed by atoms with Crippen LogP contribution in [0, 0.1) is 13.8 Å². The number of aromatic nitrogens is 1. The molecular formula is C23H27N5OS. The molecule has 0 bridgehead atoms. The van der Waals surface area contributed by atoms with Gasteiger partial charge in [-0.2, -0.15) is 11.3 Å². The highest BCUT2D eigenvalue weighted by Crippen LogP contribution is 2.21. The zero-order valence-corrected chi connectivity index (χ0v) is 18.2. The van der Waals surface area contributed by atoms with Gasteiger partial charge in [0.05, 0.1) is 11.9 Å². The van der Waals surface area contributed by atoms with Gasteiger partial charge >= 0.3 is 6.03 Å². The van der Waals surface area contributed by atoms with E-state index in [1.54, 1.807) is 17.5 Å². The van der Waals surface area contributed by atoms with E-state index in [2.05, 4.69) is 42.2 Å². The van der Waals surface area contributed by atoms with Gasteiger partial charge in [0.25, 0.3) is 0 Å². The Morgan fingerprint density at radius 3 is 2.43 bits per heavy atom. The summed E-state index contributed by atoms with van der Waals surface area (Å²) in [6.45, 7) is 8.95. The van der Waals surface area contributed by atoms with E-state index in [4.69, 9.17) is 0 Å². The van der Waals surface area contributed by atoms with E-state index in [0.29, 0.717) is 5.69 Å². The lowest BCUT2D eigenvalue weighted by Gasteiger charge is -2.35. The van der Waals surface area contributed by atoms with E-state index in [1.165, 1.54) is 5.56 Å². The van der Waals surface area contributed by atoms with Crippen LogP contribution in [-0.4, -0.2) is 42.1 Å². The van der Waals surface area contributed by atoms with Gasteiger partial charge in [-0.1, -0.05) is 18.2 Å². The van der Waals surface area contributed by atoms with Crippen molar-refractivity contribution in [1.29, 1.82) is 0 Å². The summed E-state index contributed by atoms with van der Waals surface area (Å²) < 4.78 is 0. The van der Waals surface area contributed by atoms with Gasteiger partial charge in [0.1, 0.15) is 5.82 Å². The minimum Gasteiger partial charge on any atom is -0.354 e. The molecule has 0 atom stereocenters. The number of urea groups is 1. The largest absolute Gasteiger partial charge is 0.354 e. The third-order valence-electron chi connectivity index (χ3n) is 5.41. The molecule has 3 heterocycles. The number of carbonyl (C=O) groups excluding carboxylic acids is 1. The molecule has 4 rings (SSSR count). The number of nitrogens with zero attached hydrogens (tertiary/aromatic N) is 3. The van der Waals surface area contributed by atoms with Crippen LogP contribution < -0.4 is 15.5 Å². The molecule has 1 aliphatic rings. The molecule has 0 radical (unpaired) electrons. The summed E-state index contributed by atoms with van der Waals surface area (Å²) in [7, 11) is 0. The summed E-state index contributed by atoms with van der Waals surface area (Å²) in [6.07, 6.45) is 1.72. The average molecular weight is 422 g/mol. The molecule has 156 valence electrons. The van der Waals surface area contributed by atoms with Crippen LogP contribution in [0.4, 0.5) is 22.0 Å². The average Bonchev–Trinajstić information content (AvgIpc) is 3.25. The van der Waals surface area contributed by atoms with Gasteiger partial charge < -0.3 is 15.5 Å². The van der Waals surface area contributed by atoms with Crippen LogP contribution in [-0.2, 0) is 6.54 Å². The smallest absolute Gasteiger partial charge is 0.323 e. The second kappa shape index (κ2) is 9.28. The number of amides is 2. The van der Waals surface area contributed by atoms with Crippen molar-refractivity contribution in [3.05, 3.63) is 70.0 Å². The molecule has 1 fully saturated rings. The third kappa shape index (κ3) is 4.98. The topological polar surface area (TPSA) is 60.5 Å². The first-order chi connectivity index (χ1) is 14.6. The summed E-state index contributed by atoms with van der Waals surface area (Å²) >= 11 is 1.75. The van der Waals surface area contributed by atoms with Crippen molar-refractivity contribution in [3.63, 3.8) is 0 Å². The normalized spacial score (nSPS) is 14.5. The Hall–Kier alpha value is -2.90. The van der Waals surface area contributed by atoms with Gasteiger partial charge in [0.2, 0.25) is 0 Å². The molecule has 7 heteroatoms. The Morgan fingerprint density at radius 1 is 1.03 bits per heavy atom. The SMILES string of the molecule is Cc1cccc(C)c1NC(=O)Nc1ccc(N2CCN(Cc3ccsc3)CC2)nc1. The van der Waals surface area contributed by atoms with Crippen molar-refractivity contribution in [1.82, 2.24) is 9.88 Å². The molecule has 2 N–H and O–H groups in total. The predicted octanol–water partition coefficient (Wildman–Crippen LogP) is 4.73. The number of nitrogens with one attached hydrogen (secondary N) is 2. The molecule has 3 aromatic rings. The maximum atomic E-state index is 12.4. The standard InChI is InChI=1S/C23H27N5OS/c1-17-4-3-5-18(2)22(17)26-23(29)25-20-6-7-21(24-14-20)28-11-9-27(10-12-28)15-19-8-13-30-16-19/h3-8,13-14,16H,9-12,15H2,1-2H3,(H2,25,26,29). The number of aryl methyl sites for hydroxylation is 2. The first-order valence-corrected chi connectivity index (χ1v) is 11.1. The number of hydrogen-bond acceptors (Lipinski definition) is 5. The quantitative estimate of drug-likeness (QED) is 0.625. The molecular weight excluding hydrogens is 394 g/mol. The van der Waals surface area contributed by atoms with Crippen molar-refractivity contribution in [2.24, 2.45) is 0 Å². The van der Waals surface area contributed by atoms with Crippen LogP contribution in [0.1, 0.15) is 16.7 Å². The van der Waals surface area contributed by atoms with Crippen molar-refractivity contribution in [3.8, 4) is 0 Å². The zero-order valence-electron chi connectivity index (χ0n) is 17.4. The van der Waals surface area contributed by atoms with E-state index in [1.807, 2.05) is 44.2 Å². The van der Waals surface area contributed by atoms with Gasteiger partial charge in [-0.05, 0) is 59.5 Å². The lowest BCUT2D eigenvalue weighted by atomic mass is 10.1. The fraction of sp³-hybridized carbons (Fsp3) is 0.304. The maximum Gasteiger partial charge on any atom is 0.323 e. The van der Waals surface area contributed by atoms with Crippen LogP contribution in [0.3, 0.4) is 0 Å². The lowest BCUT2D eigenvalue weighted by molar-refractivity contribution is 0.249. The van der Waals surface area contributed by atoms with Gasteiger partial charge in [-0.25, -0.2) is 9.78 Å². The Labute approximate surface area is 181 Å². The second-order valence-electron chi connectivity index (χ2n) is 7.65. The second-order valence-corrected chi connectivity index (χ2v) is 8.43. The lowest BCUT2D eigenvalue weighted by Crippen LogP contribution is -2.46. The Kier molecular flexibility index (Phi) is 6.30. The van der Waals surface area contributed by atoms with Crippen LogP contribution in [0.15, 0.2) is 53.4 Å². The summed E-state index contributed by atoms with van der Waals surface area (Å²) in [5.74, 6) is 0.950. The molecule has 1 aliphatic heterocycles. The number of carbonyl (C=O) groups is 1. The molecule has 6 nitrogen and oxygen atoms in total. The summed E-state index contributed by atoms with van der Waals surface area (Å²) in [6, 6.07) is 11.8. The van der Waals surface area contributed by atoms with E-state index >= 15 is 0 Å². The number of hydrogen-bond donors (Lipinski definition) is 2. The number of rotatable bonds is 5. The summed E-state index contributed by atoms with van der Waals surface area (Å²) in [5, 5.41) is 10.2. The predicted molar refractivity (Wildman–Crippen MR) is 125 cm³/mol. The van der Waals surface area contributed by atoms with Crippen molar-refractivity contribution in [2.45, 2.75) is 20.4 Å². The Bertz CT molecular complexity index is 959. The Balaban J connectivity index is 1.29. The van der Waals surface area contributed by atoms with E-state index in [-0.39, 0.29) is 6.03 Å².